The molecule has 2 heterocycles. The number of nitriles is 1. The molecule has 0 atom stereocenters. The number of benzene rings is 2. The summed E-state index contributed by atoms with van der Waals surface area (Å²) in [4.78, 5) is 21.4. The summed E-state index contributed by atoms with van der Waals surface area (Å²) in [6.07, 6.45) is 0. The van der Waals surface area contributed by atoms with Crippen molar-refractivity contribution in [3.63, 3.8) is 0 Å². The Labute approximate surface area is 190 Å². The predicted molar refractivity (Wildman–Crippen MR) is 120 cm³/mol. The van der Waals surface area contributed by atoms with Gasteiger partial charge in [-0.25, -0.2) is 9.37 Å². The van der Waals surface area contributed by atoms with Crippen molar-refractivity contribution in [2.45, 2.75) is 19.2 Å². The van der Waals surface area contributed by atoms with E-state index in [0.29, 0.717) is 33.8 Å². The lowest BCUT2D eigenvalue weighted by molar-refractivity contribution is -0.0231. The number of carbonyl (C=O) groups excluding carboxylic acids is 1. The number of nitrogens with two attached hydrogens (primary N) is 1. The number of alkyl halides is 1. The quantitative estimate of drug-likeness (QED) is 0.557. The first-order valence-corrected chi connectivity index (χ1v) is 10.3. The highest BCUT2D eigenvalue weighted by molar-refractivity contribution is 6.32. The average Bonchev–Trinajstić information content (AvgIpc) is 3.18. The maximum atomic E-state index is 15.2. The number of aromatic nitrogens is 2. The number of rotatable bonds is 4. The molecule has 1 saturated heterocycles. The standard InChI is InChI=1S/C22H18ClFN4O2.CH5N/c1-13-2-5-15(8-17(13)19-20(23)27-18(10-29)26-19)21(30)28-11-22(24,12-28)16-6-3-14(9-25)4-7-16;1-2/h2-8,29H,10-12H2,1H3,(H,26,27);2H2,1H3. The summed E-state index contributed by atoms with van der Waals surface area (Å²) in [5.74, 6) is 0.0470. The van der Waals surface area contributed by atoms with Crippen LogP contribution in [0, 0.1) is 18.3 Å². The molecule has 1 amide bonds. The Balaban J connectivity index is 0.00000141. The summed E-state index contributed by atoms with van der Waals surface area (Å²) in [5, 5.41) is 18.4. The number of nitrogens with one attached hydrogen (secondary N) is 1. The third-order valence-electron chi connectivity index (χ3n) is 5.30. The Bertz CT molecular complexity index is 1160. The maximum absolute atomic E-state index is 15.2. The fourth-order valence-corrected chi connectivity index (χ4v) is 3.83. The summed E-state index contributed by atoms with van der Waals surface area (Å²) in [6.45, 7) is 1.48. The molecule has 1 fully saturated rings. The lowest BCUT2D eigenvalue weighted by Gasteiger charge is -2.44. The number of imidazole rings is 1. The normalized spacial score (nSPS) is 14.1. The van der Waals surface area contributed by atoms with Crippen LogP contribution in [0.4, 0.5) is 4.39 Å². The minimum atomic E-state index is -1.63. The number of aromatic amines is 1. The van der Waals surface area contributed by atoms with Crippen molar-refractivity contribution >= 4 is 17.5 Å². The summed E-state index contributed by atoms with van der Waals surface area (Å²) < 4.78 is 15.2. The van der Waals surface area contributed by atoms with E-state index < -0.39 is 5.67 Å². The molecular weight excluding hydrogens is 433 g/mol. The third-order valence-corrected chi connectivity index (χ3v) is 5.57. The summed E-state index contributed by atoms with van der Waals surface area (Å²) >= 11 is 6.20. The van der Waals surface area contributed by atoms with Gasteiger partial charge in [0.1, 0.15) is 23.3 Å². The first-order valence-electron chi connectivity index (χ1n) is 9.87. The second-order valence-electron chi connectivity index (χ2n) is 7.35. The molecule has 9 heteroatoms. The zero-order chi connectivity index (χ0) is 23.5. The van der Waals surface area contributed by atoms with Gasteiger partial charge in [0.15, 0.2) is 5.67 Å². The van der Waals surface area contributed by atoms with Crippen LogP contribution in [0.1, 0.15) is 32.9 Å². The van der Waals surface area contributed by atoms with Gasteiger partial charge < -0.3 is 20.7 Å². The fraction of sp³-hybridized carbons (Fsp3) is 0.261. The molecule has 1 aliphatic rings. The highest BCUT2D eigenvalue weighted by Gasteiger charge is 2.47. The Hall–Kier alpha value is -3.25. The predicted octanol–water partition coefficient (Wildman–Crippen LogP) is 3.30. The number of halogens is 2. The van der Waals surface area contributed by atoms with Crippen LogP contribution in [-0.2, 0) is 12.3 Å². The number of amides is 1. The number of H-pyrrole nitrogens is 1. The Kier molecular flexibility index (Phi) is 6.94. The minimum absolute atomic E-state index is 0.0568. The largest absolute Gasteiger partial charge is 0.388 e. The first-order chi connectivity index (χ1) is 15.3. The van der Waals surface area contributed by atoms with Crippen LogP contribution in [-0.4, -0.2) is 46.0 Å². The van der Waals surface area contributed by atoms with E-state index in [2.05, 4.69) is 15.7 Å². The van der Waals surface area contributed by atoms with E-state index in [-0.39, 0.29) is 30.8 Å². The number of aliphatic hydroxyl groups is 1. The fourth-order valence-electron chi connectivity index (χ4n) is 3.57. The molecule has 0 unspecified atom stereocenters. The zero-order valence-electron chi connectivity index (χ0n) is 17.7. The summed E-state index contributed by atoms with van der Waals surface area (Å²) in [5.41, 5.74) is 6.18. The van der Waals surface area contributed by atoms with Crippen LogP contribution in [0.3, 0.4) is 0 Å². The molecule has 166 valence electrons. The molecule has 0 spiro atoms. The van der Waals surface area contributed by atoms with Crippen molar-refractivity contribution in [2.24, 2.45) is 5.73 Å². The van der Waals surface area contributed by atoms with E-state index in [0.717, 1.165) is 5.56 Å². The third kappa shape index (κ3) is 4.36. The van der Waals surface area contributed by atoms with Gasteiger partial charge in [0, 0.05) is 11.1 Å². The molecule has 0 saturated carbocycles. The van der Waals surface area contributed by atoms with Gasteiger partial charge in [-0.05, 0) is 49.4 Å². The van der Waals surface area contributed by atoms with E-state index >= 15 is 4.39 Å². The summed E-state index contributed by atoms with van der Waals surface area (Å²) in [6, 6.07) is 13.5. The molecule has 32 heavy (non-hydrogen) atoms. The number of likely N-dealkylation sites (tertiary alicyclic amines) is 1. The second kappa shape index (κ2) is 9.49. The maximum Gasteiger partial charge on any atom is 0.254 e. The van der Waals surface area contributed by atoms with E-state index in [9.17, 15) is 9.90 Å². The Morgan fingerprint density at radius 3 is 2.53 bits per heavy atom. The minimum Gasteiger partial charge on any atom is -0.388 e. The first kappa shape index (κ1) is 23.4. The zero-order valence-corrected chi connectivity index (χ0v) is 18.4. The number of hydrogen-bond donors (Lipinski definition) is 3. The molecule has 2 aromatic carbocycles. The van der Waals surface area contributed by atoms with Gasteiger partial charge in [0.2, 0.25) is 0 Å². The van der Waals surface area contributed by atoms with Crippen molar-refractivity contribution in [1.29, 1.82) is 5.26 Å². The van der Waals surface area contributed by atoms with Crippen molar-refractivity contribution in [2.75, 3.05) is 20.1 Å². The monoisotopic (exact) mass is 455 g/mol. The van der Waals surface area contributed by atoms with Crippen LogP contribution < -0.4 is 5.73 Å². The van der Waals surface area contributed by atoms with Gasteiger partial charge in [0.05, 0.1) is 24.7 Å². The van der Waals surface area contributed by atoms with Crippen molar-refractivity contribution in [3.05, 3.63) is 75.7 Å². The topological polar surface area (TPSA) is 119 Å². The van der Waals surface area contributed by atoms with Gasteiger partial charge in [0.25, 0.3) is 5.91 Å². The van der Waals surface area contributed by atoms with E-state index in [1.54, 1.807) is 42.5 Å². The highest BCUT2D eigenvalue weighted by atomic mass is 35.5. The SMILES string of the molecule is CN.Cc1ccc(C(=O)N2CC(F)(c3ccc(C#N)cc3)C2)cc1-c1nc(CO)[nH]c1Cl. The number of aryl methyl sites for hydroxylation is 1. The molecule has 1 aromatic heterocycles. The Morgan fingerprint density at radius 1 is 1.31 bits per heavy atom. The molecule has 0 bridgehead atoms. The van der Waals surface area contributed by atoms with Gasteiger partial charge in [-0.2, -0.15) is 5.26 Å². The molecule has 3 aromatic rings. The van der Waals surface area contributed by atoms with Gasteiger partial charge in [-0.1, -0.05) is 29.8 Å². The smallest absolute Gasteiger partial charge is 0.254 e. The number of aliphatic hydroxyl groups excluding tert-OH is 1. The second-order valence-corrected chi connectivity index (χ2v) is 7.73. The molecule has 7 nitrogen and oxygen atoms in total. The van der Waals surface area contributed by atoms with E-state index in [4.69, 9.17) is 16.9 Å². The molecule has 0 aliphatic carbocycles. The van der Waals surface area contributed by atoms with Gasteiger partial charge in [-0.3, -0.25) is 4.79 Å². The Morgan fingerprint density at radius 2 is 1.97 bits per heavy atom. The lowest BCUT2D eigenvalue weighted by atomic mass is 9.87. The van der Waals surface area contributed by atoms with E-state index in [1.165, 1.54) is 11.9 Å². The molecule has 0 radical (unpaired) electrons. The number of hydrogen-bond acceptors (Lipinski definition) is 5. The van der Waals surface area contributed by atoms with Gasteiger partial charge >= 0.3 is 0 Å². The van der Waals surface area contributed by atoms with Crippen LogP contribution in [0.25, 0.3) is 11.3 Å². The van der Waals surface area contributed by atoms with Crippen LogP contribution in [0.5, 0.6) is 0 Å². The van der Waals surface area contributed by atoms with Crippen molar-refractivity contribution in [1.82, 2.24) is 14.9 Å². The van der Waals surface area contributed by atoms with E-state index in [1.807, 2.05) is 13.0 Å². The molecule has 4 N–H and O–H groups in total. The molecular formula is C23H23ClFN5O2. The molecule has 4 rings (SSSR count). The van der Waals surface area contributed by atoms with Crippen LogP contribution >= 0.6 is 11.6 Å². The molecule has 1 aliphatic heterocycles. The number of carbonyl (C=O) groups is 1. The lowest BCUT2D eigenvalue weighted by Crippen LogP contribution is -2.58. The van der Waals surface area contributed by atoms with Crippen LogP contribution in [0.2, 0.25) is 5.15 Å². The number of nitrogens with zero attached hydrogens (tertiary/aromatic N) is 3. The van der Waals surface area contributed by atoms with Gasteiger partial charge in [-0.15, -0.1) is 0 Å². The van der Waals surface area contributed by atoms with Crippen molar-refractivity contribution < 1.29 is 14.3 Å². The average molecular weight is 456 g/mol. The van der Waals surface area contributed by atoms with Crippen LogP contribution in [0.15, 0.2) is 42.5 Å². The highest BCUT2D eigenvalue weighted by Crippen LogP contribution is 2.37. The van der Waals surface area contributed by atoms with Crippen molar-refractivity contribution in [3.8, 4) is 17.3 Å². The summed E-state index contributed by atoms with van der Waals surface area (Å²) in [7, 11) is 1.50.